The van der Waals surface area contributed by atoms with Crippen molar-refractivity contribution in [3.8, 4) is 22.7 Å². The Balaban J connectivity index is 1.49. The summed E-state index contributed by atoms with van der Waals surface area (Å²) in [5.74, 6) is 0.232. The number of phosphoric acid groups is 1. The molecule has 11 nitrogen and oxygen atoms in total. The summed E-state index contributed by atoms with van der Waals surface area (Å²) in [5, 5.41) is 7.67. The van der Waals surface area contributed by atoms with Gasteiger partial charge >= 0.3 is 7.82 Å². The Labute approximate surface area is 182 Å². The van der Waals surface area contributed by atoms with Gasteiger partial charge in [0.05, 0.1) is 6.61 Å². The Bertz CT molecular complexity index is 1120. The minimum atomic E-state index is -4.63. The van der Waals surface area contributed by atoms with Crippen LogP contribution in [0.2, 0.25) is 0 Å². The van der Waals surface area contributed by atoms with Crippen LogP contribution >= 0.6 is 7.82 Å². The summed E-state index contributed by atoms with van der Waals surface area (Å²) in [6.45, 7) is 1.58. The van der Waals surface area contributed by atoms with Gasteiger partial charge in [-0.2, -0.15) is 0 Å². The van der Waals surface area contributed by atoms with E-state index < -0.39 is 19.7 Å². The minimum absolute atomic E-state index is 0.0795. The average molecular weight is 466 g/mol. The molecule has 1 atom stereocenters. The second-order valence-electron chi connectivity index (χ2n) is 6.97. The highest BCUT2D eigenvalue weighted by molar-refractivity contribution is 7.46. The smallest absolute Gasteiger partial charge is 0.420 e. The topological polar surface area (TPSA) is 140 Å². The summed E-state index contributed by atoms with van der Waals surface area (Å²) >= 11 is 0. The number of pyridine rings is 1. The van der Waals surface area contributed by atoms with Crippen LogP contribution in [0.25, 0.3) is 22.7 Å². The highest BCUT2D eigenvalue weighted by Gasteiger charge is 2.24. The molecule has 32 heavy (non-hydrogen) atoms. The van der Waals surface area contributed by atoms with Crippen LogP contribution < -0.4 is 4.90 Å². The van der Waals surface area contributed by atoms with Crippen molar-refractivity contribution in [3.63, 3.8) is 0 Å². The summed E-state index contributed by atoms with van der Waals surface area (Å²) in [6, 6.07) is 8.05. The van der Waals surface area contributed by atoms with Gasteiger partial charge in [0.15, 0.2) is 0 Å². The number of aromatic nitrogens is 3. The van der Waals surface area contributed by atoms with E-state index in [1.165, 1.54) is 12.3 Å². The van der Waals surface area contributed by atoms with E-state index in [1.54, 1.807) is 36.1 Å². The Kier molecular flexibility index (Phi) is 6.60. The first-order chi connectivity index (χ1) is 15.3. The number of phosphoric ester groups is 1. The third kappa shape index (κ3) is 5.54. The fourth-order valence-electron chi connectivity index (χ4n) is 3.12. The zero-order valence-electron chi connectivity index (χ0n) is 16.9. The fourth-order valence-corrected chi connectivity index (χ4v) is 3.48. The molecule has 0 spiro atoms. The van der Waals surface area contributed by atoms with Crippen LogP contribution in [0.3, 0.4) is 0 Å². The van der Waals surface area contributed by atoms with Crippen molar-refractivity contribution in [1.82, 2.24) is 15.2 Å². The van der Waals surface area contributed by atoms with E-state index in [4.69, 9.17) is 23.7 Å². The Morgan fingerprint density at radius 1 is 1.28 bits per heavy atom. The van der Waals surface area contributed by atoms with Gasteiger partial charge in [-0.15, -0.1) is 10.2 Å². The molecule has 0 bridgehead atoms. The van der Waals surface area contributed by atoms with Crippen molar-refractivity contribution in [2.24, 2.45) is 0 Å². The Morgan fingerprint density at radius 3 is 2.78 bits per heavy atom. The van der Waals surface area contributed by atoms with Crippen molar-refractivity contribution < 1.29 is 37.2 Å². The van der Waals surface area contributed by atoms with Crippen LogP contribution in [-0.2, 0) is 18.6 Å². The van der Waals surface area contributed by atoms with Gasteiger partial charge in [0, 0.05) is 36.5 Å². The molecule has 1 saturated heterocycles. The molecule has 2 aromatic heterocycles. The molecule has 0 radical (unpaired) electrons. The summed E-state index contributed by atoms with van der Waals surface area (Å²) in [7, 11) is -4.63. The molecule has 3 heterocycles. The number of hydrogen-bond donors (Lipinski definition) is 2. The van der Waals surface area contributed by atoms with Crippen LogP contribution in [0.1, 0.15) is 5.89 Å². The minimum Gasteiger partial charge on any atom is -0.420 e. The van der Waals surface area contributed by atoms with Gasteiger partial charge in [-0.1, -0.05) is 6.07 Å². The number of halogens is 1. The van der Waals surface area contributed by atoms with Gasteiger partial charge in [0.2, 0.25) is 5.89 Å². The van der Waals surface area contributed by atoms with E-state index in [2.05, 4.69) is 19.7 Å². The van der Waals surface area contributed by atoms with E-state index in [0.717, 1.165) is 0 Å². The summed E-state index contributed by atoms with van der Waals surface area (Å²) < 4.78 is 46.4. The molecule has 2 N–H and O–H groups in total. The highest BCUT2D eigenvalue weighted by atomic mass is 31.2. The summed E-state index contributed by atoms with van der Waals surface area (Å²) in [5.41, 5.74) is 1.92. The molecule has 3 aromatic rings. The zero-order chi connectivity index (χ0) is 22.7. The summed E-state index contributed by atoms with van der Waals surface area (Å²) in [4.78, 5) is 23.7. The molecular weight excluding hydrogens is 446 g/mol. The molecule has 0 unspecified atom stereocenters. The maximum atomic E-state index is 14.9. The quantitative estimate of drug-likeness (QED) is 0.518. The van der Waals surface area contributed by atoms with E-state index in [1.807, 2.05) is 0 Å². The maximum Gasteiger partial charge on any atom is 0.469 e. The second-order valence-corrected chi connectivity index (χ2v) is 8.21. The lowest BCUT2D eigenvalue weighted by Gasteiger charge is -2.25. The van der Waals surface area contributed by atoms with Crippen LogP contribution in [0.15, 0.2) is 40.9 Å². The molecule has 0 amide bonds. The standard InChI is InChI=1S/C19H20FN4O7P/c1-12-22-23-19(31-12)18-5-2-13(7-21-18)16-4-3-14(6-17(16)20)24-8-15(29-11-28-10-24)9-30-32(25,26)27/h2-7,15H,8-11H2,1H3,(H2,25,26,27)/t15-/m1/s1. The van der Waals surface area contributed by atoms with Crippen LogP contribution in [0.4, 0.5) is 10.1 Å². The van der Waals surface area contributed by atoms with Crippen LogP contribution in [0.5, 0.6) is 0 Å². The second kappa shape index (κ2) is 9.41. The van der Waals surface area contributed by atoms with Gasteiger partial charge < -0.3 is 28.6 Å². The number of rotatable bonds is 6. The predicted molar refractivity (Wildman–Crippen MR) is 109 cm³/mol. The monoisotopic (exact) mass is 466 g/mol. The van der Waals surface area contributed by atoms with Crippen molar-refractivity contribution in [1.29, 1.82) is 0 Å². The number of nitrogens with zero attached hydrogens (tertiary/aromatic N) is 4. The molecule has 1 aliphatic heterocycles. The van der Waals surface area contributed by atoms with Crippen molar-refractivity contribution >= 4 is 13.5 Å². The van der Waals surface area contributed by atoms with Gasteiger partial charge in [-0.3, -0.25) is 9.51 Å². The highest BCUT2D eigenvalue weighted by Crippen LogP contribution is 2.36. The van der Waals surface area contributed by atoms with E-state index in [0.29, 0.717) is 28.4 Å². The molecule has 0 saturated carbocycles. The maximum absolute atomic E-state index is 14.9. The third-order valence-electron chi connectivity index (χ3n) is 4.62. The first-order valence-electron chi connectivity index (χ1n) is 9.49. The SMILES string of the molecule is Cc1nnc(-c2ccc(-c3ccc(N4COCO[C@@H](COP(=O)(O)O)C4)cc3F)cn2)o1. The third-order valence-corrected chi connectivity index (χ3v) is 5.11. The Hall–Kier alpha value is -2.73. The first-order valence-corrected chi connectivity index (χ1v) is 11.0. The Morgan fingerprint density at radius 2 is 2.12 bits per heavy atom. The number of anilines is 1. The van der Waals surface area contributed by atoms with E-state index in [9.17, 15) is 8.96 Å². The van der Waals surface area contributed by atoms with Crippen molar-refractivity contribution in [2.75, 3.05) is 31.6 Å². The largest absolute Gasteiger partial charge is 0.469 e. The van der Waals surface area contributed by atoms with Gasteiger partial charge in [-0.05, 0) is 24.3 Å². The van der Waals surface area contributed by atoms with Crippen molar-refractivity contribution in [2.45, 2.75) is 13.0 Å². The lowest BCUT2D eigenvalue weighted by Crippen LogP contribution is -2.34. The average Bonchev–Trinajstić information content (AvgIpc) is 3.05. The molecular formula is C19H20FN4O7P. The molecule has 1 aromatic carbocycles. The van der Waals surface area contributed by atoms with E-state index in [-0.39, 0.29) is 32.6 Å². The first kappa shape index (κ1) is 22.5. The van der Waals surface area contributed by atoms with Gasteiger partial charge in [0.1, 0.15) is 31.1 Å². The number of benzene rings is 1. The molecule has 4 rings (SSSR count). The van der Waals surface area contributed by atoms with Crippen LogP contribution in [-0.4, -0.2) is 57.7 Å². The lowest BCUT2D eigenvalue weighted by atomic mass is 10.1. The van der Waals surface area contributed by atoms with Gasteiger partial charge in [0.25, 0.3) is 5.89 Å². The number of ether oxygens (including phenoxy) is 2. The lowest BCUT2D eigenvalue weighted by molar-refractivity contribution is -0.0770. The van der Waals surface area contributed by atoms with Crippen LogP contribution in [0, 0.1) is 12.7 Å². The molecule has 1 fully saturated rings. The number of hydrogen-bond acceptors (Lipinski definition) is 9. The molecule has 170 valence electrons. The number of aryl methyl sites for hydroxylation is 1. The fraction of sp³-hybridized carbons (Fsp3) is 0.316. The molecule has 1 aliphatic rings. The molecule has 13 heteroatoms. The van der Waals surface area contributed by atoms with Crippen molar-refractivity contribution in [3.05, 3.63) is 48.2 Å². The normalized spacial score (nSPS) is 17.4. The molecule has 0 aliphatic carbocycles. The van der Waals surface area contributed by atoms with E-state index >= 15 is 0 Å². The summed E-state index contributed by atoms with van der Waals surface area (Å²) in [6.07, 6.45) is 0.851. The predicted octanol–water partition coefficient (Wildman–Crippen LogP) is 2.49. The zero-order valence-corrected chi connectivity index (χ0v) is 17.8. The van der Waals surface area contributed by atoms with Gasteiger partial charge in [-0.25, -0.2) is 8.96 Å².